The third kappa shape index (κ3) is 3.68. The molecular formula is C15H28N2OS. The van der Waals surface area contributed by atoms with Gasteiger partial charge in [-0.2, -0.15) is 0 Å². The Balaban J connectivity index is 2.81. The SMILES string of the molecule is CCCC(CCC)(C(=O)N(C)CC1CCC1)C(N)=S. The summed E-state index contributed by atoms with van der Waals surface area (Å²) in [5.74, 6) is 0.817. The highest BCUT2D eigenvalue weighted by Crippen LogP contribution is 2.34. The molecule has 1 amide bonds. The van der Waals surface area contributed by atoms with E-state index in [1.54, 1.807) is 0 Å². The van der Waals surface area contributed by atoms with E-state index in [4.69, 9.17) is 18.0 Å². The number of carbonyl (C=O) groups excluding carboxylic acids is 1. The van der Waals surface area contributed by atoms with Crippen molar-refractivity contribution in [3.05, 3.63) is 0 Å². The summed E-state index contributed by atoms with van der Waals surface area (Å²) in [6, 6.07) is 0. The van der Waals surface area contributed by atoms with Crippen molar-refractivity contribution in [2.45, 2.75) is 58.8 Å². The average molecular weight is 284 g/mol. The zero-order valence-corrected chi connectivity index (χ0v) is 13.4. The topological polar surface area (TPSA) is 46.3 Å². The first-order valence-corrected chi connectivity index (χ1v) is 7.94. The molecule has 0 heterocycles. The summed E-state index contributed by atoms with van der Waals surface area (Å²) in [5.41, 5.74) is 5.33. The van der Waals surface area contributed by atoms with Gasteiger partial charge < -0.3 is 10.6 Å². The van der Waals surface area contributed by atoms with Crippen molar-refractivity contribution >= 4 is 23.1 Å². The van der Waals surface area contributed by atoms with E-state index in [9.17, 15) is 4.79 Å². The van der Waals surface area contributed by atoms with Crippen molar-refractivity contribution in [1.29, 1.82) is 0 Å². The highest BCUT2D eigenvalue weighted by Gasteiger charge is 2.42. The lowest BCUT2D eigenvalue weighted by Gasteiger charge is -2.37. The first kappa shape index (κ1) is 16.4. The van der Waals surface area contributed by atoms with E-state index in [-0.39, 0.29) is 5.91 Å². The molecule has 3 nitrogen and oxygen atoms in total. The van der Waals surface area contributed by atoms with E-state index in [1.807, 2.05) is 11.9 Å². The molecule has 0 unspecified atom stereocenters. The standard InChI is InChI=1S/C15H28N2OS/c1-4-9-15(10-5-2,13(16)19)14(18)17(3)11-12-7-6-8-12/h12H,4-11H2,1-3H3,(H2,16,19). The quantitative estimate of drug-likeness (QED) is 0.697. The molecule has 0 aromatic heterocycles. The van der Waals surface area contributed by atoms with Crippen LogP contribution in [0, 0.1) is 11.3 Å². The van der Waals surface area contributed by atoms with E-state index in [0.29, 0.717) is 10.9 Å². The summed E-state index contributed by atoms with van der Waals surface area (Å²) in [7, 11) is 1.90. The summed E-state index contributed by atoms with van der Waals surface area (Å²) in [6.07, 6.45) is 7.20. The van der Waals surface area contributed by atoms with Gasteiger partial charge in [0, 0.05) is 13.6 Å². The molecule has 0 spiro atoms. The molecule has 0 saturated heterocycles. The Morgan fingerprint density at radius 2 is 1.84 bits per heavy atom. The van der Waals surface area contributed by atoms with Gasteiger partial charge in [-0.25, -0.2) is 0 Å². The number of amides is 1. The minimum absolute atomic E-state index is 0.135. The van der Waals surface area contributed by atoms with Gasteiger partial charge in [0.25, 0.3) is 0 Å². The van der Waals surface area contributed by atoms with Gasteiger partial charge >= 0.3 is 0 Å². The number of hydrogen-bond donors (Lipinski definition) is 1. The normalized spacial score (nSPS) is 15.9. The van der Waals surface area contributed by atoms with Gasteiger partial charge in [0.1, 0.15) is 0 Å². The molecule has 4 heteroatoms. The second-order valence-corrected chi connectivity index (χ2v) is 6.37. The largest absolute Gasteiger partial charge is 0.392 e. The number of nitrogens with zero attached hydrogens (tertiary/aromatic N) is 1. The maximum Gasteiger partial charge on any atom is 0.235 e. The van der Waals surface area contributed by atoms with Gasteiger partial charge in [-0.05, 0) is 31.6 Å². The smallest absolute Gasteiger partial charge is 0.235 e. The fourth-order valence-electron chi connectivity index (χ4n) is 3.06. The Kier molecular flexibility index (Phi) is 6.24. The summed E-state index contributed by atoms with van der Waals surface area (Å²) in [5, 5.41) is 0. The number of rotatable bonds is 8. The molecule has 1 rings (SSSR count). The van der Waals surface area contributed by atoms with Crippen LogP contribution in [0.3, 0.4) is 0 Å². The number of thiocarbonyl (C=S) groups is 1. The Hall–Kier alpha value is -0.640. The van der Waals surface area contributed by atoms with E-state index < -0.39 is 5.41 Å². The van der Waals surface area contributed by atoms with Gasteiger partial charge in [-0.15, -0.1) is 0 Å². The Morgan fingerprint density at radius 1 is 1.32 bits per heavy atom. The maximum absolute atomic E-state index is 12.8. The van der Waals surface area contributed by atoms with Crippen LogP contribution in [0.25, 0.3) is 0 Å². The monoisotopic (exact) mass is 284 g/mol. The van der Waals surface area contributed by atoms with Gasteiger partial charge in [0.05, 0.1) is 10.4 Å². The number of carbonyl (C=O) groups is 1. The molecule has 0 aliphatic heterocycles. The zero-order valence-electron chi connectivity index (χ0n) is 12.6. The zero-order chi connectivity index (χ0) is 14.5. The fourth-order valence-corrected chi connectivity index (χ4v) is 3.35. The molecule has 0 aromatic rings. The minimum Gasteiger partial charge on any atom is -0.392 e. The second kappa shape index (κ2) is 7.22. The van der Waals surface area contributed by atoms with Crippen LogP contribution in [0.1, 0.15) is 58.8 Å². The Labute approximate surface area is 122 Å². The second-order valence-electron chi connectivity index (χ2n) is 5.93. The molecule has 2 N–H and O–H groups in total. The molecule has 0 radical (unpaired) electrons. The van der Waals surface area contributed by atoms with Gasteiger partial charge in [0.2, 0.25) is 5.91 Å². The first-order chi connectivity index (χ1) is 8.97. The molecular weight excluding hydrogens is 256 g/mol. The predicted molar refractivity (Wildman–Crippen MR) is 84.0 cm³/mol. The molecule has 1 aliphatic rings. The summed E-state index contributed by atoms with van der Waals surface area (Å²) < 4.78 is 0. The van der Waals surface area contributed by atoms with Gasteiger partial charge in [-0.1, -0.05) is 45.3 Å². The Morgan fingerprint density at radius 3 is 2.16 bits per heavy atom. The summed E-state index contributed by atoms with van der Waals surface area (Å²) in [6.45, 7) is 5.03. The van der Waals surface area contributed by atoms with Crippen molar-refractivity contribution in [3.8, 4) is 0 Å². The van der Waals surface area contributed by atoms with Crippen molar-refractivity contribution in [1.82, 2.24) is 4.90 Å². The van der Waals surface area contributed by atoms with Crippen LogP contribution in [0.5, 0.6) is 0 Å². The van der Waals surface area contributed by atoms with E-state index in [2.05, 4.69) is 13.8 Å². The van der Waals surface area contributed by atoms with Crippen LogP contribution in [0.4, 0.5) is 0 Å². The van der Waals surface area contributed by atoms with E-state index in [1.165, 1.54) is 19.3 Å². The van der Waals surface area contributed by atoms with Gasteiger partial charge in [0.15, 0.2) is 0 Å². The van der Waals surface area contributed by atoms with Crippen LogP contribution >= 0.6 is 12.2 Å². The highest BCUT2D eigenvalue weighted by molar-refractivity contribution is 7.80. The van der Waals surface area contributed by atoms with E-state index >= 15 is 0 Å². The average Bonchev–Trinajstić information content (AvgIpc) is 2.31. The molecule has 1 fully saturated rings. The maximum atomic E-state index is 12.8. The summed E-state index contributed by atoms with van der Waals surface area (Å²) >= 11 is 5.24. The van der Waals surface area contributed by atoms with Gasteiger partial charge in [-0.3, -0.25) is 4.79 Å². The summed E-state index contributed by atoms with van der Waals surface area (Å²) in [4.78, 5) is 15.1. The molecule has 19 heavy (non-hydrogen) atoms. The molecule has 0 aromatic carbocycles. The van der Waals surface area contributed by atoms with Crippen molar-refractivity contribution in [2.75, 3.05) is 13.6 Å². The number of hydrogen-bond acceptors (Lipinski definition) is 2. The third-order valence-corrected chi connectivity index (χ3v) is 4.73. The fraction of sp³-hybridized carbons (Fsp3) is 0.867. The minimum atomic E-state index is -0.614. The Bertz CT molecular complexity index is 320. The molecule has 0 atom stereocenters. The molecule has 1 aliphatic carbocycles. The van der Waals surface area contributed by atoms with E-state index in [0.717, 1.165) is 32.2 Å². The molecule has 1 saturated carbocycles. The highest BCUT2D eigenvalue weighted by atomic mass is 32.1. The lowest BCUT2D eigenvalue weighted by Crippen LogP contribution is -2.50. The van der Waals surface area contributed by atoms with Crippen LogP contribution in [0.15, 0.2) is 0 Å². The van der Waals surface area contributed by atoms with Crippen LogP contribution in [-0.2, 0) is 4.79 Å². The van der Waals surface area contributed by atoms with Crippen molar-refractivity contribution in [2.24, 2.45) is 17.1 Å². The van der Waals surface area contributed by atoms with Crippen LogP contribution in [0.2, 0.25) is 0 Å². The molecule has 110 valence electrons. The predicted octanol–water partition coefficient (Wildman–Crippen LogP) is 3.12. The number of nitrogens with two attached hydrogens (primary N) is 1. The first-order valence-electron chi connectivity index (χ1n) is 7.53. The van der Waals surface area contributed by atoms with Crippen LogP contribution in [-0.4, -0.2) is 29.4 Å². The lowest BCUT2D eigenvalue weighted by atomic mass is 9.77. The van der Waals surface area contributed by atoms with Crippen molar-refractivity contribution in [3.63, 3.8) is 0 Å². The third-order valence-electron chi connectivity index (χ3n) is 4.34. The lowest BCUT2D eigenvalue weighted by molar-refractivity contribution is -0.138. The van der Waals surface area contributed by atoms with Crippen molar-refractivity contribution < 1.29 is 4.79 Å². The van der Waals surface area contributed by atoms with Crippen LogP contribution < -0.4 is 5.73 Å². The molecule has 0 bridgehead atoms.